The molecular formula is C15H20N4O2. The average molecular weight is 288 g/mol. The van der Waals surface area contributed by atoms with Gasteiger partial charge in [-0.2, -0.15) is 0 Å². The zero-order valence-electron chi connectivity index (χ0n) is 12.4. The fourth-order valence-electron chi connectivity index (χ4n) is 2.13. The normalized spacial score (nSPS) is 12.9. The van der Waals surface area contributed by atoms with Crippen LogP contribution in [0.25, 0.3) is 10.9 Å². The number of hydrogen-bond acceptors (Lipinski definition) is 5. The third-order valence-electron chi connectivity index (χ3n) is 3.30. The Morgan fingerprint density at radius 2 is 2.14 bits per heavy atom. The van der Waals surface area contributed by atoms with Gasteiger partial charge in [-0.05, 0) is 32.9 Å². The topological polar surface area (TPSA) is 78.4 Å². The Balaban J connectivity index is 2.21. The van der Waals surface area contributed by atoms with E-state index in [9.17, 15) is 9.90 Å². The maximum absolute atomic E-state index is 12.3. The lowest BCUT2D eigenvalue weighted by Gasteiger charge is -2.31. The van der Waals surface area contributed by atoms with Gasteiger partial charge in [0.2, 0.25) is 0 Å². The lowest BCUT2D eigenvalue weighted by atomic mass is 10.1. The highest BCUT2D eigenvalue weighted by Crippen LogP contribution is 2.12. The van der Waals surface area contributed by atoms with E-state index in [1.807, 2.05) is 26.8 Å². The number of aliphatic hydroxyl groups excluding tert-OH is 1. The van der Waals surface area contributed by atoms with Gasteiger partial charge in [0, 0.05) is 29.2 Å². The average Bonchev–Trinajstić information content (AvgIpc) is 2.50. The van der Waals surface area contributed by atoms with Crippen molar-refractivity contribution in [2.24, 2.45) is 0 Å². The molecule has 1 aromatic carbocycles. The molecule has 1 amide bonds. The molecule has 1 aromatic heterocycles. The van der Waals surface area contributed by atoms with E-state index >= 15 is 0 Å². The van der Waals surface area contributed by atoms with Crippen molar-refractivity contribution in [2.75, 3.05) is 6.61 Å². The van der Waals surface area contributed by atoms with Crippen molar-refractivity contribution in [1.29, 1.82) is 0 Å². The lowest BCUT2D eigenvalue weighted by Crippen LogP contribution is -2.52. The van der Waals surface area contributed by atoms with Crippen molar-refractivity contribution >= 4 is 16.8 Å². The number of nitrogens with zero attached hydrogens (tertiary/aromatic N) is 3. The van der Waals surface area contributed by atoms with Gasteiger partial charge in [0.05, 0.1) is 12.1 Å². The molecule has 0 bridgehead atoms. The monoisotopic (exact) mass is 288 g/mol. The zero-order chi connectivity index (χ0) is 15.4. The highest BCUT2D eigenvalue weighted by Gasteiger charge is 2.19. The van der Waals surface area contributed by atoms with Crippen LogP contribution in [-0.4, -0.2) is 44.7 Å². The Hall–Kier alpha value is -2.05. The molecular weight excluding hydrogens is 268 g/mol. The minimum atomic E-state index is -0.218. The number of carbonyl (C=O) groups is 1. The summed E-state index contributed by atoms with van der Waals surface area (Å²) in [6.45, 7) is 5.75. The number of amides is 1. The number of carbonyl (C=O) groups excluding carboxylic acids is 1. The number of nitrogens with one attached hydrogen (secondary N) is 1. The van der Waals surface area contributed by atoms with Crippen LogP contribution in [-0.2, 0) is 0 Å². The van der Waals surface area contributed by atoms with Gasteiger partial charge >= 0.3 is 0 Å². The number of benzene rings is 1. The van der Waals surface area contributed by atoms with Gasteiger partial charge in [-0.1, -0.05) is 6.07 Å². The van der Waals surface area contributed by atoms with Crippen LogP contribution in [0, 0.1) is 0 Å². The lowest BCUT2D eigenvalue weighted by molar-refractivity contribution is 0.0437. The molecule has 1 heterocycles. The Bertz CT molecular complexity index is 630. The maximum Gasteiger partial charge on any atom is 0.265 e. The molecule has 0 spiro atoms. The van der Waals surface area contributed by atoms with E-state index < -0.39 is 0 Å². The van der Waals surface area contributed by atoms with Crippen molar-refractivity contribution in [3.05, 3.63) is 36.3 Å². The van der Waals surface area contributed by atoms with Crippen LogP contribution in [0.1, 0.15) is 31.1 Å². The highest BCUT2D eigenvalue weighted by atomic mass is 16.3. The quantitative estimate of drug-likeness (QED) is 0.812. The molecule has 112 valence electrons. The first-order valence-electron chi connectivity index (χ1n) is 6.93. The zero-order valence-corrected chi connectivity index (χ0v) is 12.4. The number of fused-ring (bicyclic) bond motifs is 1. The summed E-state index contributed by atoms with van der Waals surface area (Å²) in [4.78, 5) is 20.4. The molecule has 2 aromatic rings. The first kappa shape index (κ1) is 15.3. The molecule has 0 unspecified atom stereocenters. The summed E-state index contributed by atoms with van der Waals surface area (Å²) < 4.78 is 0. The molecule has 21 heavy (non-hydrogen) atoms. The number of rotatable bonds is 5. The van der Waals surface area contributed by atoms with Crippen molar-refractivity contribution in [1.82, 2.24) is 20.4 Å². The van der Waals surface area contributed by atoms with E-state index in [4.69, 9.17) is 0 Å². The number of aromatic nitrogens is 2. The molecule has 2 rings (SSSR count). The third kappa shape index (κ3) is 3.53. The molecule has 2 N–H and O–H groups in total. The van der Waals surface area contributed by atoms with Crippen molar-refractivity contribution < 1.29 is 9.90 Å². The molecule has 0 saturated heterocycles. The Morgan fingerprint density at radius 3 is 2.81 bits per heavy atom. The van der Waals surface area contributed by atoms with Gasteiger partial charge in [0.1, 0.15) is 6.33 Å². The van der Waals surface area contributed by atoms with Crippen molar-refractivity contribution in [3.8, 4) is 0 Å². The second kappa shape index (κ2) is 6.60. The molecule has 0 fully saturated rings. The van der Waals surface area contributed by atoms with Crippen LogP contribution in [0.15, 0.2) is 30.7 Å². The fourth-order valence-corrected chi connectivity index (χ4v) is 2.13. The van der Waals surface area contributed by atoms with Gasteiger partial charge in [0.25, 0.3) is 5.91 Å². The van der Waals surface area contributed by atoms with Crippen LogP contribution in [0.5, 0.6) is 0 Å². The van der Waals surface area contributed by atoms with Crippen LogP contribution in [0.2, 0.25) is 0 Å². The first-order valence-corrected chi connectivity index (χ1v) is 6.93. The van der Waals surface area contributed by atoms with Gasteiger partial charge in [-0.25, -0.2) is 15.0 Å². The fraction of sp³-hybridized carbons (Fsp3) is 0.400. The summed E-state index contributed by atoms with van der Waals surface area (Å²) >= 11 is 0. The summed E-state index contributed by atoms with van der Waals surface area (Å²) in [5, 5.41) is 11.9. The van der Waals surface area contributed by atoms with Crippen LogP contribution < -0.4 is 5.43 Å². The van der Waals surface area contributed by atoms with Crippen LogP contribution in [0.3, 0.4) is 0 Å². The van der Waals surface area contributed by atoms with E-state index in [1.54, 1.807) is 23.3 Å². The molecule has 6 heteroatoms. The number of hydrazine groups is 1. The minimum absolute atomic E-state index is 0.0244. The molecule has 6 nitrogen and oxygen atoms in total. The standard InChI is InChI=1S/C15H20N4O2/c1-10(2)19(11(3)8-20)18-15(21)12-4-5-13-7-16-9-17-14(13)6-12/h4-7,9-11,20H,8H2,1-3H3,(H,18,21)/t11-/m0/s1. The van der Waals surface area contributed by atoms with Gasteiger partial charge in [-0.15, -0.1) is 0 Å². The first-order chi connectivity index (χ1) is 10.0. The summed E-state index contributed by atoms with van der Waals surface area (Å²) in [5.41, 5.74) is 4.09. The molecule has 0 aliphatic carbocycles. The predicted octanol–water partition coefficient (Wildman–Crippen LogP) is 1.37. The van der Waals surface area contributed by atoms with E-state index in [0.29, 0.717) is 5.56 Å². The van der Waals surface area contributed by atoms with Gasteiger partial charge in [-0.3, -0.25) is 10.2 Å². The van der Waals surface area contributed by atoms with Gasteiger partial charge in [0.15, 0.2) is 0 Å². The predicted molar refractivity (Wildman–Crippen MR) is 80.5 cm³/mol. The minimum Gasteiger partial charge on any atom is -0.395 e. The second-order valence-electron chi connectivity index (χ2n) is 5.27. The number of hydrogen-bond donors (Lipinski definition) is 2. The molecule has 0 aliphatic rings. The van der Waals surface area contributed by atoms with E-state index in [2.05, 4.69) is 15.4 Å². The SMILES string of the molecule is CC(C)N(NC(=O)c1ccc2cncnc2c1)[C@@H](C)CO. The Labute approximate surface area is 123 Å². The summed E-state index contributed by atoms with van der Waals surface area (Å²) in [6, 6.07) is 5.22. The number of aliphatic hydroxyl groups is 1. The van der Waals surface area contributed by atoms with E-state index in [-0.39, 0.29) is 24.6 Å². The van der Waals surface area contributed by atoms with Crippen molar-refractivity contribution in [2.45, 2.75) is 32.9 Å². The Kier molecular flexibility index (Phi) is 4.82. The molecule has 1 atom stereocenters. The van der Waals surface area contributed by atoms with Crippen LogP contribution >= 0.6 is 0 Å². The third-order valence-corrected chi connectivity index (χ3v) is 3.30. The smallest absolute Gasteiger partial charge is 0.265 e. The summed E-state index contributed by atoms with van der Waals surface area (Å²) in [5.74, 6) is -0.218. The highest BCUT2D eigenvalue weighted by molar-refractivity contribution is 5.97. The van der Waals surface area contributed by atoms with Crippen LogP contribution in [0.4, 0.5) is 0 Å². The largest absolute Gasteiger partial charge is 0.395 e. The van der Waals surface area contributed by atoms with Gasteiger partial charge < -0.3 is 5.11 Å². The maximum atomic E-state index is 12.3. The molecule has 0 aliphatic heterocycles. The van der Waals surface area contributed by atoms with E-state index in [0.717, 1.165) is 10.9 Å². The Morgan fingerprint density at radius 1 is 1.38 bits per heavy atom. The molecule has 0 radical (unpaired) electrons. The van der Waals surface area contributed by atoms with Crippen molar-refractivity contribution in [3.63, 3.8) is 0 Å². The van der Waals surface area contributed by atoms with E-state index in [1.165, 1.54) is 6.33 Å². The second-order valence-corrected chi connectivity index (χ2v) is 5.27. The summed E-state index contributed by atoms with van der Waals surface area (Å²) in [7, 11) is 0. The summed E-state index contributed by atoms with van der Waals surface area (Å²) in [6.07, 6.45) is 3.16. The molecule has 0 saturated carbocycles.